The number of hydrogen-bond donors (Lipinski definition) is 1. The van der Waals surface area contributed by atoms with Crippen molar-refractivity contribution in [1.29, 1.82) is 0 Å². The molecule has 3 rings (SSSR count). The zero-order chi connectivity index (χ0) is 23.6. The second-order valence-electron chi connectivity index (χ2n) is 6.99. The standard InChI is InChI=1S/C19H21F3N2O6S2/c1-29-15-2-8-18(9-3-15)32(27,28)24-12-10-14(11-13-24)23-31(25,26)17-6-4-16(5-7-17)30-19(20,21)22/h2-9,14,23H,10-13H2,1H3. The molecule has 0 radical (unpaired) electrons. The normalized spacial score (nSPS) is 16.6. The molecule has 1 saturated heterocycles. The van der Waals surface area contributed by atoms with Crippen LogP contribution in [0.3, 0.4) is 0 Å². The van der Waals surface area contributed by atoms with Crippen molar-refractivity contribution in [1.82, 2.24) is 9.03 Å². The molecule has 0 aliphatic carbocycles. The summed E-state index contributed by atoms with van der Waals surface area (Å²) in [7, 11) is -6.26. The van der Waals surface area contributed by atoms with Gasteiger partial charge in [0.05, 0.1) is 16.9 Å². The number of benzene rings is 2. The van der Waals surface area contributed by atoms with Crippen molar-refractivity contribution in [2.45, 2.75) is 35.0 Å². The lowest BCUT2D eigenvalue weighted by Gasteiger charge is -2.31. The lowest BCUT2D eigenvalue weighted by atomic mass is 10.1. The van der Waals surface area contributed by atoms with Gasteiger partial charge in [-0.25, -0.2) is 21.6 Å². The Kier molecular flexibility index (Phi) is 7.03. The van der Waals surface area contributed by atoms with Crippen LogP contribution in [0.5, 0.6) is 11.5 Å². The fourth-order valence-corrected chi connectivity index (χ4v) is 5.99. The number of nitrogens with zero attached hydrogens (tertiary/aromatic N) is 1. The molecular weight excluding hydrogens is 473 g/mol. The summed E-state index contributed by atoms with van der Waals surface area (Å²) in [4.78, 5) is -0.112. The SMILES string of the molecule is COc1ccc(S(=O)(=O)N2CCC(NS(=O)(=O)c3ccc(OC(F)(F)F)cc3)CC2)cc1. The number of hydrogen-bond acceptors (Lipinski definition) is 6. The minimum absolute atomic E-state index is 0.110. The fraction of sp³-hybridized carbons (Fsp3) is 0.368. The Bertz CT molecular complexity index is 1130. The Labute approximate surface area is 184 Å². The van der Waals surface area contributed by atoms with Gasteiger partial charge in [-0.3, -0.25) is 0 Å². The van der Waals surface area contributed by atoms with E-state index >= 15 is 0 Å². The van der Waals surface area contributed by atoms with Gasteiger partial charge in [0.2, 0.25) is 20.0 Å². The van der Waals surface area contributed by atoms with Gasteiger partial charge in [0.1, 0.15) is 11.5 Å². The van der Waals surface area contributed by atoms with Crippen LogP contribution >= 0.6 is 0 Å². The zero-order valence-electron chi connectivity index (χ0n) is 16.9. The fourth-order valence-electron chi connectivity index (χ4n) is 3.22. The van der Waals surface area contributed by atoms with Crippen molar-refractivity contribution in [3.63, 3.8) is 0 Å². The van der Waals surface area contributed by atoms with Crippen molar-refractivity contribution in [3.05, 3.63) is 48.5 Å². The summed E-state index contributed by atoms with van der Waals surface area (Å²) >= 11 is 0. The maximum atomic E-state index is 12.8. The third-order valence-corrected chi connectivity index (χ3v) is 8.29. The maximum Gasteiger partial charge on any atom is 0.573 e. The van der Waals surface area contributed by atoms with Gasteiger partial charge < -0.3 is 9.47 Å². The molecule has 0 saturated carbocycles. The highest BCUT2D eigenvalue weighted by Gasteiger charge is 2.32. The molecule has 2 aromatic carbocycles. The summed E-state index contributed by atoms with van der Waals surface area (Å²) in [6, 6.07) is 9.27. The van der Waals surface area contributed by atoms with Gasteiger partial charge in [0.15, 0.2) is 0 Å². The van der Waals surface area contributed by atoms with Crippen LogP contribution in [0, 0.1) is 0 Å². The van der Waals surface area contributed by atoms with E-state index in [1.54, 1.807) is 12.1 Å². The topological polar surface area (TPSA) is 102 Å². The lowest BCUT2D eigenvalue weighted by Crippen LogP contribution is -2.46. The van der Waals surface area contributed by atoms with E-state index in [1.165, 1.54) is 23.5 Å². The molecule has 1 aliphatic heterocycles. The van der Waals surface area contributed by atoms with Crippen LogP contribution in [0.4, 0.5) is 13.2 Å². The van der Waals surface area contributed by atoms with Crippen molar-refractivity contribution in [3.8, 4) is 11.5 Å². The molecule has 0 atom stereocenters. The molecule has 8 nitrogen and oxygen atoms in total. The second-order valence-corrected chi connectivity index (χ2v) is 10.6. The van der Waals surface area contributed by atoms with Gasteiger partial charge in [-0.2, -0.15) is 4.31 Å². The summed E-state index contributed by atoms with van der Waals surface area (Å²) in [5, 5.41) is 0. The monoisotopic (exact) mass is 494 g/mol. The molecule has 0 amide bonds. The molecule has 2 aromatic rings. The van der Waals surface area contributed by atoms with Crippen molar-refractivity contribution >= 4 is 20.0 Å². The van der Waals surface area contributed by atoms with E-state index in [0.717, 1.165) is 24.3 Å². The summed E-state index contributed by atoms with van der Waals surface area (Å²) in [6.45, 7) is 0.222. The number of piperidine rings is 1. The Balaban J connectivity index is 1.61. The number of methoxy groups -OCH3 is 1. The van der Waals surface area contributed by atoms with Crippen molar-refractivity contribution in [2.75, 3.05) is 20.2 Å². The summed E-state index contributed by atoms with van der Waals surface area (Å²) in [5.41, 5.74) is 0. The molecule has 32 heavy (non-hydrogen) atoms. The van der Waals surface area contributed by atoms with Crippen LogP contribution < -0.4 is 14.2 Å². The van der Waals surface area contributed by atoms with Gasteiger partial charge in [-0.15, -0.1) is 13.2 Å². The number of alkyl halides is 3. The van der Waals surface area contributed by atoms with Gasteiger partial charge >= 0.3 is 6.36 Å². The Morgan fingerprint density at radius 2 is 1.38 bits per heavy atom. The first-order valence-electron chi connectivity index (χ1n) is 9.43. The van der Waals surface area contributed by atoms with Crippen LogP contribution in [0.2, 0.25) is 0 Å². The smallest absolute Gasteiger partial charge is 0.497 e. The molecule has 13 heteroatoms. The highest BCUT2D eigenvalue weighted by molar-refractivity contribution is 7.89. The van der Waals surface area contributed by atoms with E-state index < -0.39 is 38.2 Å². The van der Waals surface area contributed by atoms with E-state index in [2.05, 4.69) is 9.46 Å². The van der Waals surface area contributed by atoms with E-state index in [0.29, 0.717) is 5.75 Å². The van der Waals surface area contributed by atoms with Gasteiger partial charge in [0.25, 0.3) is 0 Å². The van der Waals surface area contributed by atoms with Crippen molar-refractivity contribution < 1.29 is 39.5 Å². The summed E-state index contributed by atoms with van der Waals surface area (Å²) < 4.78 is 99.9. The quantitative estimate of drug-likeness (QED) is 0.635. The summed E-state index contributed by atoms with van der Waals surface area (Å²) in [5.74, 6) is -0.0106. The molecule has 1 heterocycles. The highest BCUT2D eigenvalue weighted by Crippen LogP contribution is 2.26. The number of rotatable bonds is 7. The Morgan fingerprint density at radius 3 is 1.88 bits per heavy atom. The van der Waals surface area contributed by atoms with Gasteiger partial charge in [-0.1, -0.05) is 0 Å². The molecule has 0 spiro atoms. The summed E-state index contributed by atoms with van der Waals surface area (Å²) in [6.07, 6.45) is -4.40. The van der Waals surface area contributed by atoms with Crippen LogP contribution in [0.1, 0.15) is 12.8 Å². The minimum atomic E-state index is -4.88. The number of sulfonamides is 2. The maximum absolute atomic E-state index is 12.8. The van der Waals surface area contributed by atoms with Crippen LogP contribution in [-0.2, 0) is 20.0 Å². The van der Waals surface area contributed by atoms with Crippen LogP contribution in [0.15, 0.2) is 58.3 Å². The molecule has 1 fully saturated rings. The van der Waals surface area contributed by atoms with Gasteiger partial charge in [0, 0.05) is 19.1 Å². The zero-order valence-corrected chi connectivity index (χ0v) is 18.5. The predicted octanol–water partition coefficient (Wildman–Crippen LogP) is 2.73. The molecule has 1 aliphatic rings. The predicted molar refractivity (Wildman–Crippen MR) is 108 cm³/mol. The first-order chi connectivity index (χ1) is 14.9. The molecule has 0 aromatic heterocycles. The first-order valence-corrected chi connectivity index (χ1v) is 12.4. The lowest BCUT2D eigenvalue weighted by molar-refractivity contribution is -0.274. The largest absolute Gasteiger partial charge is 0.573 e. The average molecular weight is 495 g/mol. The minimum Gasteiger partial charge on any atom is -0.497 e. The Hall–Kier alpha value is -2.35. The van der Waals surface area contributed by atoms with Crippen LogP contribution in [0.25, 0.3) is 0 Å². The molecule has 0 bridgehead atoms. The van der Waals surface area contributed by atoms with E-state index in [4.69, 9.17) is 4.74 Å². The molecular formula is C19H21F3N2O6S2. The van der Waals surface area contributed by atoms with E-state index in [9.17, 15) is 30.0 Å². The first kappa shape index (κ1) is 24.3. The third-order valence-electron chi connectivity index (χ3n) is 4.84. The van der Waals surface area contributed by atoms with Gasteiger partial charge in [-0.05, 0) is 61.4 Å². The van der Waals surface area contributed by atoms with Crippen molar-refractivity contribution in [2.24, 2.45) is 0 Å². The second kappa shape index (κ2) is 9.25. The third kappa shape index (κ3) is 5.91. The molecule has 176 valence electrons. The number of ether oxygens (including phenoxy) is 2. The number of nitrogens with one attached hydrogen (secondary N) is 1. The van der Waals surface area contributed by atoms with Crippen LogP contribution in [-0.4, -0.2) is 53.7 Å². The van der Waals surface area contributed by atoms with E-state index in [1.807, 2.05) is 0 Å². The Morgan fingerprint density at radius 1 is 0.875 bits per heavy atom. The molecule has 1 N–H and O–H groups in total. The molecule has 0 unspecified atom stereocenters. The average Bonchev–Trinajstić information content (AvgIpc) is 2.73. The van der Waals surface area contributed by atoms with E-state index in [-0.39, 0.29) is 35.7 Å². The highest BCUT2D eigenvalue weighted by atomic mass is 32.2. The number of halogens is 3.